The monoisotopic (exact) mass is 302 g/mol. The topological polar surface area (TPSA) is 26.3 Å². The number of benzene rings is 2. The van der Waals surface area contributed by atoms with Crippen LogP contribution in [0.3, 0.4) is 0 Å². The highest BCUT2D eigenvalue weighted by Crippen LogP contribution is 2.27. The lowest BCUT2D eigenvalue weighted by Crippen LogP contribution is -2.20. The first-order chi connectivity index (χ1) is 10.1. The molecule has 1 unspecified atom stereocenters. The average Bonchev–Trinajstić information content (AvgIpc) is 2.48. The molecule has 21 heavy (non-hydrogen) atoms. The fourth-order valence-corrected chi connectivity index (χ4v) is 2.41. The van der Waals surface area contributed by atoms with Gasteiger partial charge in [-0.25, -0.2) is 0 Å². The van der Waals surface area contributed by atoms with Crippen LogP contribution in [0.1, 0.15) is 30.9 Å². The van der Waals surface area contributed by atoms with Crippen molar-refractivity contribution in [3.63, 3.8) is 0 Å². The van der Waals surface area contributed by atoms with Gasteiger partial charge in [0.25, 0.3) is 0 Å². The average molecular weight is 303 g/mol. The van der Waals surface area contributed by atoms with Crippen LogP contribution in [-0.4, -0.2) is 5.97 Å². The molecule has 0 bridgehead atoms. The Morgan fingerprint density at radius 2 is 1.67 bits per heavy atom. The number of hydrogen-bond donors (Lipinski definition) is 0. The van der Waals surface area contributed by atoms with Gasteiger partial charge in [-0.05, 0) is 29.2 Å². The number of carbonyl (C=O) groups excluding carboxylic acids is 1. The Balaban J connectivity index is 2.07. The molecule has 0 amide bonds. The molecule has 0 aromatic heterocycles. The normalized spacial score (nSPS) is 12.2. The predicted octanol–water partition coefficient (Wildman–Crippen LogP) is 4.82. The zero-order valence-corrected chi connectivity index (χ0v) is 13.0. The summed E-state index contributed by atoms with van der Waals surface area (Å²) in [5, 5.41) is 0.666. The highest BCUT2D eigenvalue weighted by Gasteiger charge is 2.25. The van der Waals surface area contributed by atoms with E-state index in [-0.39, 0.29) is 17.8 Å². The molecule has 0 heterocycles. The SMILES string of the molecule is CC(C)C(C(=O)OCc1ccccc1)c1ccc(Cl)cc1. The molecule has 0 fully saturated rings. The first-order valence-corrected chi connectivity index (χ1v) is 7.41. The summed E-state index contributed by atoms with van der Waals surface area (Å²) in [4.78, 5) is 12.4. The van der Waals surface area contributed by atoms with Gasteiger partial charge in [0.05, 0.1) is 5.92 Å². The van der Waals surface area contributed by atoms with E-state index in [1.165, 1.54) is 0 Å². The molecule has 0 saturated carbocycles. The fraction of sp³-hybridized carbons (Fsp3) is 0.278. The first kappa shape index (κ1) is 15.6. The van der Waals surface area contributed by atoms with Crippen molar-refractivity contribution in [1.29, 1.82) is 0 Å². The van der Waals surface area contributed by atoms with Gasteiger partial charge in [0.15, 0.2) is 0 Å². The second-order valence-corrected chi connectivity index (χ2v) is 5.80. The Bertz CT molecular complexity index is 576. The van der Waals surface area contributed by atoms with E-state index in [4.69, 9.17) is 16.3 Å². The predicted molar refractivity (Wildman–Crippen MR) is 85.3 cm³/mol. The maximum atomic E-state index is 12.4. The summed E-state index contributed by atoms with van der Waals surface area (Å²) >= 11 is 5.90. The minimum atomic E-state index is -0.272. The van der Waals surface area contributed by atoms with E-state index in [0.29, 0.717) is 11.6 Å². The Kier molecular flexibility index (Phi) is 5.40. The number of rotatable bonds is 5. The van der Waals surface area contributed by atoms with Crippen LogP contribution < -0.4 is 0 Å². The van der Waals surface area contributed by atoms with Crippen LogP contribution in [0, 0.1) is 5.92 Å². The molecule has 3 heteroatoms. The van der Waals surface area contributed by atoms with Crippen molar-refractivity contribution in [2.24, 2.45) is 5.92 Å². The van der Waals surface area contributed by atoms with E-state index in [1.54, 1.807) is 12.1 Å². The smallest absolute Gasteiger partial charge is 0.314 e. The molecule has 0 aliphatic heterocycles. The highest BCUT2D eigenvalue weighted by molar-refractivity contribution is 6.30. The molecule has 2 nitrogen and oxygen atoms in total. The third-order valence-electron chi connectivity index (χ3n) is 3.37. The Labute approximate surface area is 130 Å². The molecule has 110 valence electrons. The second kappa shape index (κ2) is 7.28. The molecule has 2 aromatic carbocycles. The third-order valence-corrected chi connectivity index (χ3v) is 3.63. The van der Waals surface area contributed by atoms with Crippen molar-refractivity contribution in [2.45, 2.75) is 26.4 Å². The van der Waals surface area contributed by atoms with Crippen molar-refractivity contribution >= 4 is 17.6 Å². The minimum Gasteiger partial charge on any atom is -0.460 e. The quantitative estimate of drug-likeness (QED) is 0.740. The molecule has 0 aliphatic rings. The molecule has 0 spiro atoms. The maximum absolute atomic E-state index is 12.4. The van der Waals surface area contributed by atoms with E-state index in [1.807, 2.05) is 56.3 Å². The van der Waals surface area contributed by atoms with Crippen LogP contribution >= 0.6 is 11.6 Å². The number of hydrogen-bond acceptors (Lipinski definition) is 2. The number of halogens is 1. The van der Waals surface area contributed by atoms with E-state index < -0.39 is 0 Å². The Morgan fingerprint density at radius 3 is 2.24 bits per heavy atom. The number of ether oxygens (including phenoxy) is 1. The van der Waals surface area contributed by atoms with Crippen LogP contribution in [0.25, 0.3) is 0 Å². The number of esters is 1. The van der Waals surface area contributed by atoms with Gasteiger partial charge in [0.1, 0.15) is 6.61 Å². The summed E-state index contributed by atoms with van der Waals surface area (Å²) in [6.45, 7) is 4.34. The molecule has 0 radical (unpaired) electrons. The summed E-state index contributed by atoms with van der Waals surface area (Å²) in [6.07, 6.45) is 0. The van der Waals surface area contributed by atoms with Crippen LogP contribution in [0.15, 0.2) is 54.6 Å². The lowest BCUT2D eigenvalue weighted by Gasteiger charge is -2.20. The van der Waals surface area contributed by atoms with Crippen LogP contribution in [0.5, 0.6) is 0 Å². The zero-order chi connectivity index (χ0) is 15.2. The van der Waals surface area contributed by atoms with Crippen molar-refractivity contribution < 1.29 is 9.53 Å². The van der Waals surface area contributed by atoms with Gasteiger partial charge < -0.3 is 4.74 Å². The lowest BCUT2D eigenvalue weighted by atomic mass is 9.88. The summed E-state index contributed by atoms with van der Waals surface area (Å²) in [5.74, 6) is -0.309. The largest absolute Gasteiger partial charge is 0.460 e. The number of carbonyl (C=O) groups is 1. The fourth-order valence-electron chi connectivity index (χ4n) is 2.28. The summed E-state index contributed by atoms with van der Waals surface area (Å²) in [5.41, 5.74) is 1.93. The van der Waals surface area contributed by atoms with Crippen molar-refractivity contribution in [1.82, 2.24) is 0 Å². The second-order valence-electron chi connectivity index (χ2n) is 5.37. The molecule has 0 saturated heterocycles. The van der Waals surface area contributed by atoms with E-state index >= 15 is 0 Å². The standard InChI is InChI=1S/C18H19ClO2/c1-13(2)17(15-8-10-16(19)11-9-15)18(20)21-12-14-6-4-3-5-7-14/h3-11,13,17H,12H2,1-2H3. The summed E-state index contributed by atoms with van der Waals surface area (Å²) in [6, 6.07) is 17.1. The molecule has 1 atom stereocenters. The van der Waals surface area contributed by atoms with Crippen molar-refractivity contribution in [3.8, 4) is 0 Å². The van der Waals surface area contributed by atoms with Gasteiger partial charge in [0.2, 0.25) is 0 Å². The van der Waals surface area contributed by atoms with Crippen LogP contribution in [-0.2, 0) is 16.1 Å². The Morgan fingerprint density at radius 1 is 1.05 bits per heavy atom. The molecular formula is C18H19ClO2. The Hall–Kier alpha value is -1.80. The van der Waals surface area contributed by atoms with Crippen LogP contribution in [0.2, 0.25) is 5.02 Å². The van der Waals surface area contributed by atoms with Gasteiger partial charge in [-0.1, -0.05) is 67.9 Å². The minimum absolute atomic E-state index is 0.162. The van der Waals surface area contributed by atoms with Crippen LogP contribution in [0.4, 0.5) is 0 Å². The van der Waals surface area contributed by atoms with E-state index in [0.717, 1.165) is 11.1 Å². The lowest BCUT2D eigenvalue weighted by molar-refractivity contribution is -0.148. The zero-order valence-electron chi connectivity index (χ0n) is 12.3. The molecule has 0 aliphatic carbocycles. The summed E-state index contributed by atoms with van der Waals surface area (Å²) < 4.78 is 5.46. The van der Waals surface area contributed by atoms with Gasteiger partial charge in [-0.3, -0.25) is 4.79 Å². The molecular weight excluding hydrogens is 284 g/mol. The highest BCUT2D eigenvalue weighted by atomic mass is 35.5. The van der Waals surface area contributed by atoms with Gasteiger partial charge >= 0.3 is 5.97 Å². The molecule has 2 aromatic rings. The van der Waals surface area contributed by atoms with Gasteiger partial charge in [0, 0.05) is 5.02 Å². The van der Waals surface area contributed by atoms with Crippen molar-refractivity contribution in [3.05, 3.63) is 70.7 Å². The molecule has 2 rings (SSSR count). The van der Waals surface area contributed by atoms with E-state index in [9.17, 15) is 4.79 Å². The third kappa shape index (κ3) is 4.33. The maximum Gasteiger partial charge on any atom is 0.314 e. The molecule has 0 N–H and O–H groups in total. The summed E-state index contributed by atoms with van der Waals surface area (Å²) in [7, 11) is 0. The van der Waals surface area contributed by atoms with Crippen molar-refractivity contribution in [2.75, 3.05) is 0 Å². The van der Waals surface area contributed by atoms with E-state index in [2.05, 4.69) is 0 Å². The van der Waals surface area contributed by atoms with Gasteiger partial charge in [-0.15, -0.1) is 0 Å². The van der Waals surface area contributed by atoms with Gasteiger partial charge in [-0.2, -0.15) is 0 Å². The first-order valence-electron chi connectivity index (χ1n) is 7.04.